The van der Waals surface area contributed by atoms with E-state index in [1.165, 1.54) is 37.8 Å². The fraction of sp³-hybridized carbons (Fsp3) is 0.667. The Hall–Kier alpha value is -0.900. The molecule has 116 valence electrons. The zero-order valence-electron chi connectivity index (χ0n) is 13.1. The summed E-state index contributed by atoms with van der Waals surface area (Å²) in [5, 5.41) is 3.49. The van der Waals surface area contributed by atoms with Crippen molar-refractivity contribution in [1.82, 2.24) is 10.2 Å². The Kier molecular flexibility index (Phi) is 5.28. The summed E-state index contributed by atoms with van der Waals surface area (Å²) in [6, 6.07) is 12.0. The van der Waals surface area contributed by atoms with E-state index in [1.807, 2.05) is 0 Å². The zero-order chi connectivity index (χ0) is 14.5. The van der Waals surface area contributed by atoms with Gasteiger partial charge in [-0.15, -0.1) is 0 Å². The minimum Gasteiger partial charge on any atom is -0.374 e. The van der Waals surface area contributed by atoms with E-state index < -0.39 is 0 Å². The van der Waals surface area contributed by atoms with Crippen molar-refractivity contribution in [1.29, 1.82) is 0 Å². The van der Waals surface area contributed by atoms with Gasteiger partial charge in [0.15, 0.2) is 0 Å². The number of hydrogen-bond acceptors (Lipinski definition) is 3. The lowest BCUT2D eigenvalue weighted by Crippen LogP contribution is -2.53. The molecule has 1 aromatic rings. The molecule has 3 rings (SSSR count). The van der Waals surface area contributed by atoms with Crippen molar-refractivity contribution in [2.45, 2.75) is 50.3 Å². The first-order valence-corrected chi connectivity index (χ1v) is 8.43. The van der Waals surface area contributed by atoms with Crippen molar-refractivity contribution in [2.24, 2.45) is 0 Å². The predicted octanol–water partition coefficient (Wildman–Crippen LogP) is 2.46. The molecule has 0 aliphatic carbocycles. The molecule has 0 amide bonds. The maximum atomic E-state index is 6.14. The van der Waals surface area contributed by atoms with E-state index in [2.05, 4.69) is 47.6 Å². The SMILES string of the molecule is CNC(CCCc1ccccc1)C1CN2CCCC2CO1. The van der Waals surface area contributed by atoms with Gasteiger partial charge in [-0.25, -0.2) is 0 Å². The molecule has 1 aromatic carbocycles. The summed E-state index contributed by atoms with van der Waals surface area (Å²) in [5.41, 5.74) is 1.44. The Balaban J connectivity index is 1.46. The summed E-state index contributed by atoms with van der Waals surface area (Å²) in [6.45, 7) is 3.31. The molecule has 0 aromatic heterocycles. The first-order valence-electron chi connectivity index (χ1n) is 8.43. The number of rotatable bonds is 6. The van der Waals surface area contributed by atoms with Crippen molar-refractivity contribution >= 4 is 0 Å². The molecule has 2 fully saturated rings. The van der Waals surface area contributed by atoms with Crippen molar-refractivity contribution in [3.8, 4) is 0 Å². The average Bonchev–Trinajstić information content (AvgIpc) is 3.00. The van der Waals surface area contributed by atoms with E-state index in [9.17, 15) is 0 Å². The third kappa shape index (κ3) is 3.85. The predicted molar refractivity (Wildman–Crippen MR) is 86.6 cm³/mol. The van der Waals surface area contributed by atoms with Crippen LogP contribution in [0.4, 0.5) is 0 Å². The number of nitrogens with zero attached hydrogens (tertiary/aromatic N) is 1. The van der Waals surface area contributed by atoms with Crippen LogP contribution < -0.4 is 5.32 Å². The van der Waals surface area contributed by atoms with Crippen LogP contribution in [0.3, 0.4) is 0 Å². The van der Waals surface area contributed by atoms with Crippen LogP contribution in [0, 0.1) is 0 Å². The molecule has 0 bridgehead atoms. The number of nitrogens with one attached hydrogen (secondary N) is 1. The second-order valence-corrected chi connectivity index (χ2v) is 6.44. The monoisotopic (exact) mass is 288 g/mol. The van der Waals surface area contributed by atoms with Crippen molar-refractivity contribution < 1.29 is 4.74 Å². The molecule has 0 spiro atoms. The van der Waals surface area contributed by atoms with Gasteiger partial charge in [-0.3, -0.25) is 4.90 Å². The number of likely N-dealkylation sites (N-methyl/N-ethyl adjacent to an activating group) is 1. The number of hydrogen-bond donors (Lipinski definition) is 1. The zero-order valence-corrected chi connectivity index (χ0v) is 13.1. The van der Waals surface area contributed by atoms with Gasteiger partial charge in [0.1, 0.15) is 0 Å². The molecule has 0 saturated carbocycles. The summed E-state index contributed by atoms with van der Waals surface area (Å²) in [6.07, 6.45) is 6.61. The third-order valence-corrected chi connectivity index (χ3v) is 5.06. The summed E-state index contributed by atoms with van der Waals surface area (Å²) in [5.74, 6) is 0. The van der Waals surface area contributed by atoms with E-state index >= 15 is 0 Å². The van der Waals surface area contributed by atoms with Crippen LogP contribution in [-0.4, -0.2) is 49.8 Å². The van der Waals surface area contributed by atoms with Gasteiger partial charge in [-0.1, -0.05) is 30.3 Å². The Morgan fingerprint density at radius 3 is 3.00 bits per heavy atom. The van der Waals surface area contributed by atoms with Crippen LogP contribution in [0.25, 0.3) is 0 Å². The summed E-state index contributed by atoms with van der Waals surface area (Å²) < 4.78 is 6.14. The van der Waals surface area contributed by atoms with Gasteiger partial charge in [-0.05, 0) is 51.3 Å². The van der Waals surface area contributed by atoms with E-state index in [0.29, 0.717) is 18.2 Å². The second-order valence-electron chi connectivity index (χ2n) is 6.44. The van der Waals surface area contributed by atoms with Crippen LogP contribution >= 0.6 is 0 Å². The minimum atomic E-state index is 0.361. The normalized spacial score (nSPS) is 27.5. The highest BCUT2D eigenvalue weighted by Gasteiger charge is 2.35. The van der Waals surface area contributed by atoms with Crippen molar-refractivity contribution in [3.05, 3.63) is 35.9 Å². The topological polar surface area (TPSA) is 24.5 Å². The van der Waals surface area contributed by atoms with Gasteiger partial charge in [0.2, 0.25) is 0 Å². The minimum absolute atomic E-state index is 0.361. The van der Waals surface area contributed by atoms with Crippen LogP contribution in [0.1, 0.15) is 31.2 Å². The molecular weight excluding hydrogens is 260 g/mol. The Bertz CT molecular complexity index is 422. The molecule has 21 heavy (non-hydrogen) atoms. The van der Waals surface area contributed by atoms with E-state index in [4.69, 9.17) is 4.74 Å². The van der Waals surface area contributed by atoms with Gasteiger partial charge in [0.05, 0.1) is 12.7 Å². The lowest BCUT2D eigenvalue weighted by molar-refractivity contribution is -0.0648. The fourth-order valence-corrected chi connectivity index (χ4v) is 3.77. The molecule has 1 N–H and O–H groups in total. The maximum absolute atomic E-state index is 6.14. The molecular formula is C18H28N2O. The van der Waals surface area contributed by atoms with Crippen LogP contribution in [0.2, 0.25) is 0 Å². The number of aryl methyl sites for hydroxylation is 1. The van der Waals surface area contributed by atoms with Crippen LogP contribution in [0.15, 0.2) is 30.3 Å². The van der Waals surface area contributed by atoms with E-state index in [1.54, 1.807) is 0 Å². The largest absolute Gasteiger partial charge is 0.374 e. The molecule has 3 nitrogen and oxygen atoms in total. The highest BCUT2D eigenvalue weighted by atomic mass is 16.5. The quantitative estimate of drug-likeness (QED) is 0.870. The number of fused-ring (bicyclic) bond motifs is 1. The highest BCUT2D eigenvalue weighted by Crippen LogP contribution is 2.24. The lowest BCUT2D eigenvalue weighted by Gasteiger charge is -2.38. The first-order chi connectivity index (χ1) is 10.4. The molecule has 2 saturated heterocycles. The maximum Gasteiger partial charge on any atom is 0.0855 e. The summed E-state index contributed by atoms with van der Waals surface area (Å²) in [4.78, 5) is 2.63. The molecule has 3 unspecified atom stereocenters. The van der Waals surface area contributed by atoms with Gasteiger partial charge in [0, 0.05) is 18.6 Å². The van der Waals surface area contributed by atoms with Crippen LogP contribution in [-0.2, 0) is 11.2 Å². The van der Waals surface area contributed by atoms with E-state index in [0.717, 1.165) is 19.6 Å². The second kappa shape index (κ2) is 7.39. The highest BCUT2D eigenvalue weighted by molar-refractivity contribution is 5.14. The molecule has 2 heterocycles. The van der Waals surface area contributed by atoms with Gasteiger partial charge >= 0.3 is 0 Å². The molecule has 3 heteroatoms. The smallest absolute Gasteiger partial charge is 0.0855 e. The first kappa shape index (κ1) is 15.0. The summed E-state index contributed by atoms with van der Waals surface area (Å²) >= 11 is 0. The van der Waals surface area contributed by atoms with Gasteiger partial charge in [0.25, 0.3) is 0 Å². The van der Waals surface area contributed by atoms with Crippen molar-refractivity contribution in [2.75, 3.05) is 26.7 Å². The summed E-state index contributed by atoms with van der Waals surface area (Å²) in [7, 11) is 2.08. The number of benzene rings is 1. The van der Waals surface area contributed by atoms with Gasteiger partial charge in [-0.2, -0.15) is 0 Å². The number of ether oxygens (including phenoxy) is 1. The molecule has 0 radical (unpaired) electrons. The Morgan fingerprint density at radius 2 is 2.19 bits per heavy atom. The average molecular weight is 288 g/mol. The third-order valence-electron chi connectivity index (χ3n) is 5.06. The molecule has 2 aliphatic heterocycles. The van der Waals surface area contributed by atoms with Crippen LogP contribution in [0.5, 0.6) is 0 Å². The number of morpholine rings is 1. The van der Waals surface area contributed by atoms with Gasteiger partial charge < -0.3 is 10.1 Å². The fourth-order valence-electron chi connectivity index (χ4n) is 3.77. The molecule has 2 aliphatic rings. The Labute approximate surface area is 128 Å². The van der Waals surface area contributed by atoms with E-state index in [-0.39, 0.29) is 0 Å². The molecule has 3 atom stereocenters. The van der Waals surface area contributed by atoms with Crippen molar-refractivity contribution in [3.63, 3.8) is 0 Å². The lowest BCUT2D eigenvalue weighted by atomic mass is 9.99. The Morgan fingerprint density at radius 1 is 1.33 bits per heavy atom. The standard InChI is InChI=1S/C18H28N2O/c1-19-17(11-5-9-15-7-3-2-4-8-15)18-13-20-12-6-10-16(20)14-21-18/h2-4,7-8,16-19H,5-6,9-14H2,1H3.